The normalized spacial score (nSPS) is 22.7. The minimum Gasteiger partial charge on any atom is -0.466 e. The van der Waals surface area contributed by atoms with Gasteiger partial charge in [-0.2, -0.15) is 0 Å². The molecule has 1 saturated carbocycles. The van der Waals surface area contributed by atoms with Gasteiger partial charge in [-0.25, -0.2) is 9.59 Å². The lowest BCUT2D eigenvalue weighted by molar-refractivity contribution is -0.154. The van der Waals surface area contributed by atoms with Crippen molar-refractivity contribution in [2.45, 2.75) is 66.0 Å². The van der Waals surface area contributed by atoms with Crippen LogP contribution in [0.5, 0.6) is 0 Å². The number of amides is 2. The summed E-state index contributed by atoms with van der Waals surface area (Å²) in [7, 11) is 0. The van der Waals surface area contributed by atoms with Crippen molar-refractivity contribution in [3.63, 3.8) is 0 Å². The minimum atomic E-state index is -1.42. The van der Waals surface area contributed by atoms with E-state index in [0.717, 1.165) is 0 Å². The zero-order valence-electron chi connectivity index (χ0n) is 18.4. The Bertz CT molecular complexity index is 629. The van der Waals surface area contributed by atoms with Gasteiger partial charge in [0.15, 0.2) is 0 Å². The average Bonchev–Trinajstić information content (AvgIpc) is 3.34. The molecule has 2 N–H and O–H groups in total. The molecule has 1 fully saturated rings. The highest BCUT2D eigenvalue weighted by molar-refractivity contribution is 5.92. The summed E-state index contributed by atoms with van der Waals surface area (Å²) in [6.45, 7) is 11.9. The molecule has 1 aliphatic rings. The first-order valence-electron chi connectivity index (χ1n) is 10.0. The second kappa shape index (κ2) is 9.93. The van der Waals surface area contributed by atoms with E-state index in [1.165, 1.54) is 0 Å². The maximum absolute atomic E-state index is 12.7. The summed E-state index contributed by atoms with van der Waals surface area (Å²) in [6.07, 6.45) is -0.0948. The van der Waals surface area contributed by atoms with Crippen LogP contribution in [0.1, 0.15) is 54.9 Å². The standard InChI is InChI=1S/C20H34N2O7/c1-8-12-14(16(24)27-9-2)15(12)20(7,17(25)28-10-3)22-13(23)11-21-18(26)29-19(4,5)6/h12,14-15H,8-11H2,1-7H3,(H,21,26)(H,22,23). The molecular weight excluding hydrogens is 380 g/mol. The van der Waals surface area contributed by atoms with Crippen molar-refractivity contribution < 1.29 is 33.4 Å². The fourth-order valence-corrected chi connectivity index (χ4v) is 3.58. The Morgan fingerprint density at radius 3 is 2.00 bits per heavy atom. The van der Waals surface area contributed by atoms with Crippen LogP contribution < -0.4 is 10.6 Å². The molecule has 0 aromatic carbocycles. The number of rotatable bonds is 9. The lowest BCUT2D eigenvalue weighted by Crippen LogP contribution is -2.57. The summed E-state index contributed by atoms with van der Waals surface area (Å²) in [5.74, 6) is -2.65. The van der Waals surface area contributed by atoms with Crippen LogP contribution in [-0.2, 0) is 28.6 Å². The van der Waals surface area contributed by atoms with Crippen molar-refractivity contribution in [3.05, 3.63) is 0 Å². The van der Waals surface area contributed by atoms with Crippen molar-refractivity contribution >= 4 is 23.9 Å². The van der Waals surface area contributed by atoms with E-state index in [-0.39, 0.29) is 31.6 Å². The van der Waals surface area contributed by atoms with Crippen LogP contribution in [0.2, 0.25) is 0 Å². The Labute approximate surface area is 172 Å². The van der Waals surface area contributed by atoms with Gasteiger partial charge in [0.05, 0.1) is 19.1 Å². The van der Waals surface area contributed by atoms with E-state index in [1.807, 2.05) is 6.92 Å². The topological polar surface area (TPSA) is 120 Å². The molecule has 0 bridgehead atoms. The molecular formula is C20H34N2O7. The highest BCUT2D eigenvalue weighted by Crippen LogP contribution is 2.55. The van der Waals surface area contributed by atoms with E-state index in [0.29, 0.717) is 6.42 Å². The third-order valence-corrected chi connectivity index (χ3v) is 4.76. The summed E-state index contributed by atoms with van der Waals surface area (Å²) in [5.41, 5.74) is -2.12. The van der Waals surface area contributed by atoms with Gasteiger partial charge in [0.1, 0.15) is 17.7 Å². The SMILES string of the molecule is CCOC(=O)C1C(CC)C1C(C)(NC(=O)CNC(=O)OC(C)(C)C)C(=O)OCC. The minimum absolute atomic E-state index is 0.109. The van der Waals surface area contributed by atoms with Gasteiger partial charge in [-0.05, 0) is 47.5 Å². The molecule has 4 atom stereocenters. The number of carbonyl (C=O) groups excluding carboxylic acids is 4. The molecule has 0 heterocycles. The summed E-state index contributed by atoms with van der Waals surface area (Å²) in [4.78, 5) is 49.2. The van der Waals surface area contributed by atoms with Gasteiger partial charge in [-0.1, -0.05) is 13.3 Å². The third kappa shape index (κ3) is 6.61. The number of alkyl carbamates (subject to hydrolysis) is 1. The monoisotopic (exact) mass is 414 g/mol. The van der Waals surface area contributed by atoms with Crippen LogP contribution in [0.3, 0.4) is 0 Å². The molecule has 166 valence electrons. The number of hydrogen-bond donors (Lipinski definition) is 2. The molecule has 0 spiro atoms. The number of nitrogens with one attached hydrogen (secondary N) is 2. The first-order valence-corrected chi connectivity index (χ1v) is 10.0. The van der Waals surface area contributed by atoms with Crippen molar-refractivity contribution in [2.75, 3.05) is 19.8 Å². The molecule has 0 saturated heterocycles. The van der Waals surface area contributed by atoms with E-state index >= 15 is 0 Å². The molecule has 0 aromatic rings. The fraction of sp³-hybridized carbons (Fsp3) is 0.800. The summed E-state index contributed by atoms with van der Waals surface area (Å²) in [6, 6.07) is 0. The van der Waals surface area contributed by atoms with Crippen molar-refractivity contribution in [1.29, 1.82) is 0 Å². The van der Waals surface area contributed by atoms with Crippen LogP contribution in [0.25, 0.3) is 0 Å². The van der Waals surface area contributed by atoms with Crippen LogP contribution in [0, 0.1) is 17.8 Å². The number of ether oxygens (including phenoxy) is 3. The van der Waals surface area contributed by atoms with Crippen LogP contribution >= 0.6 is 0 Å². The zero-order chi connectivity index (χ0) is 22.4. The quantitative estimate of drug-likeness (QED) is 0.436. The largest absolute Gasteiger partial charge is 0.466 e. The third-order valence-electron chi connectivity index (χ3n) is 4.76. The Hall–Kier alpha value is -2.32. The predicted octanol–water partition coefficient (Wildman–Crippen LogP) is 1.78. The van der Waals surface area contributed by atoms with Gasteiger partial charge < -0.3 is 24.8 Å². The second-order valence-corrected chi connectivity index (χ2v) is 8.20. The Balaban J connectivity index is 2.90. The summed E-state index contributed by atoms with van der Waals surface area (Å²) >= 11 is 0. The van der Waals surface area contributed by atoms with E-state index in [2.05, 4.69) is 10.6 Å². The number of hydrogen-bond acceptors (Lipinski definition) is 7. The Morgan fingerprint density at radius 2 is 1.52 bits per heavy atom. The van der Waals surface area contributed by atoms with E-state index in [4.69, 9.17) is 14.2 Å². The van der Waals surface area contributed by atoms with Crippen molar-refractivity contribution in [3.8, 4) is 0 Å². The molecule has 1 aliphatic carbocycles. The van der Waals surface area contributed by atoms with E-state index in [1.54, 1.807) is 41.5 Å². The van der Waals surface area contributed by atoms with Crippen LogP contribution in [-0.4, -0.2) is 54.8 Å². The molecule has 2 amide bonds. The Morgan fingerprint density at radius 1 is 0.931 bits per heavy atom. The van der Waals surface area contributed by atoms with Gasteiger partial charge in [0.25, 0.3) is 0 Å². The van der Waals surface area contributed by atoms with Crippen molar-refractivity contribution in [2.24, 2.45) is 17.8 Å². The predicted molar refractivity (Wildman–Crippen MR) is 105 cm³/mol. The average molecular weight is 414 g/mol. The lowest BCUT2D eigenvalue weighted by atomic mass is 9.92. The zero-order valence-corrected chi connectivity index (χ0v) is 18.4. The molecule has 9 nitrogen and oxygen atoms in total. The molecule has 0 aliphatic heterocycles. The smallest absolute Gasteiger partial charge is 0.408 e. The number of carbonyl (C=O) groups is 4. The van der Waals surface area contributed by atoms with E-state index in [9.17, 15) is 19.2 Å². The van der Waals surface area contributed by atoms with Gasteiger partial charge in [-0.15, -0.1) is 0 Å². The fourth-order valence-electron chi connectivity index (χ4n) is 3.58. The van der Waals surface area contributed by atoms with E-state index < -0.39 is 40.9 Å². The first-order chi connectivity index (χ1) is 13.4. The lowest BCUT2D eigenvalue weighted by Gasteiger charge is -2.29. The van der Waals surface area contributed by atoms with Crippen LogP contribution in [0.4, 0.5) is 4.79 Å². The highest BCUT2D eigenvalue weighted by atomic mass is 16.6. The van der Waals surface area contributed by atoms with Gasteiger partial charge in [0.2, 0.25) is 5.91 Å². The summed E-state index contributed by atoms with van der Waals surface area (Å²) < 4.78 is 15.4. The van der Waals surface area contributed by atoms with Crippen molar-refractivity contribution in [1.82, 2.24) is 10.6 Å². The van der Waals surface area contributed by atoms with Gasteiger partial charge in [-0.3, -0.25) is 9.59 Å². The highest BCUT2D eigenvalue weighted by Gasteiger charge is 2.66. The molecule has 9 heteroatoms. The molecule has 29 heavy (non-hydrogen) atoms. The summed E-state index contributed by atoms with van der Waals surface area (Å²) in [5, 5.41) is 5.01. The maximum atomic E-state index is 12.7. The molecule has 0 radical (unpaired) electrons. The molecule has 0 aromatic heterocycles. The van der Waals surface area contributed by atoms with Gasteiger partial charge in [0, 0.05) is 5.92 Å². The first kappa shape index (κ1) is 24.7. The van der Waals surface area contributed by atoms with Gasteiger partial charge >= 0.3 is 18.0 Å². The maximum Gasteiger partial charge on any atom is 0.408 e. The number of esters is 2. The molecule has 4 unspecified atom stereocenters. The molecule has 1 rings (SSSR count). The van der Waals surface area contributed by atoms with Crippen LogP contribution in [0.15, 0.2) is 0 Å². The second-order valence-electron chi connectivity index (χ2n) is 8.20. The Kier molecular flexibility index (Phi) is 8.47.